The summed E-state index contributed by atoms with van der Waals surface area (Å²) in [6.07, 6.45) is 5.91. The fourth-order valence-electron chi connectivity index (χ4n) is 4.82. The Bertz CT molecular complexity index is 814. The van der Waals surface area contributed by atoms with E-state index in [1.807, 2.05) is 18.2 Å². The lowest BCUT2D eigenvalue weighted by atomic mass is 9.74. The van der Waals surface area contributed by atoms with Crippen LogP contribution in [0.5, 0.6) is 0 Å². The van der Waals surface area contributed by atoms with E-state index < -0.39 is 0 Å². The summed E-state index contributed by atoms with van der Waals surface area (Å²) >= 11 is 0. The van der Waals surface area contributed by atoms with Crippen molar-refractivity contribution in [1.82, 2.24) is 20.2 Å². The lowest BCUT2D eigenvalue weighted by Gasteiger charge is -2.37. The first-order valence-electron chi connectivity index (χ1n) is 10.8. The van der Waals surface area contributed by atoms with Crippen molar-refractivity contribution in [3.8, 4) is 0 Å². The number of aliphatic hydroxyl groups excluding tert-OH is 1. The number of amides is 1. The van der Waals surface area contributed by atoms with Crippen LogP contribution in [0.2, 0.25) is 0 Å². The summed E-state index contributed by atoms with van der Waals surface area (Å²) in [5, 5.41) is 14.0. The Morgan fingerprint density at radius 2 is 1.93 bits per heavy atom. The standard InChI is InChI=1S/C23H30N4O3/c28-21-7-10-23(18-4-2-1-3-5-18,9-6-20(21)27-12-14-30-15-13-27)16-25-22(29)19-8-11-24-17-26-19/h1-5,8,11,17,20-21,28H,6-7,9-10,12-16H2,(H,25,29)/t20-,21-,23-/m1/s1. The van der Waals surface area contributed by atoms with Crippen LogP contribution in [0.4, 0.5) is 0 Å². The first-order chi connectivity index (χ1) is 14.7. The molecule has 0 radical (unpaired) electrons. The number of ether oxygens (including phenoxy) is 1. The average Bonchev–Trinajstić information content (AvgIpc) is 2.99. The third kappa shape index (κ3) is 4.69. The van der Waals surface area contributed by atoms with Gasteiger partial charge in [-0.15, -0.1) is 0 Å². The lowest BCUT2D eigenvalue weighted by molar-refractivity contribution is -0.0236. The third-order valence-corrected chi connectivity index (χ3v) is 6.58. The topological polar surface area (TPSA) is 87.6 Å². The monoisotopic (exact) mass is 410 g/mol. The largest absolute Gasteiger partial charge is 0.391 e. The number of nitrogens with zero attached hydrogens (tertiary/aromatic N) is 3. The van der Waals surface area contributed by atoms with E-state index in [9.17, 15) is 9.90 Å². The van der Waals surface area contributed by atoms with Gasteiger partial charge in [0.2, 0.25) is 0 Å². The summed E-state index contributed by atoms with van der Waals surface area (Å²) in [5.74, 6) is -0.192. The van der Waals surface area contributed by atoms with Gasteiger partial charge in [-0.1, -0.05) is 30.3 Å². The molecule has 1 aromatic carbocycles. The number of hydrogen-bond donors (Lipinski definition) is 2. The molecule has 2 aliphatic rings. The highest BCUT2D eigenvalue weighted by molar-refractivity contribution is 5.92. The SMILES string of the molecule is O=C(NC[C@]1(c2ccccc2)CC[C@@H](O)[C@H](N2CCOCC2)CC1)c1ccncn1. The minimum atomic E-state index is -0.369. The van der Waals surface area contributed by atoms with Crippen molar-refractivity contribution in [2.24, 2.45) is 0 Å². The van der Waals surface area contributed by atoms with Crippen LogP contribution in [0, 0.1) is 0 Å². The molecule has 4 rings (SSSR count). The minimum absolute atomic E-state index is 0.136. The molecule has 1 saturated heterocycles. The van der Waals surface area contributed by atoms with Crippen LogP contribution in [0.3, 0.4) is 0 Å². The molecule has 7 nitrogen and oxygen atoms in total. The number of hydrogen-bond acceptors (Lipinski definition) is 6. The maximum atomic E-state index is 12.6. The summed E-state index contributed by atoms with van der Waals surface area (Å²) < 4.78 is 5.49. The smallest absolute Gasteiger partial charge is 0.270 e. The van der Waals surface area contributed by atoms with Crippen LogP contribution in [0.1, 0.15) is 41.7 Å². The number of aliphatic hydroxyl groups is 1. The first-order valence-corrected chi connectivity index (χ1v) is 10.8. The Balaban J connectivity index is 1.53. The minimum Gasteiger partial charge on any atom is -0.391 e. The molecule has 2 aromatic rings. The van der Waals surface area contributed by atoms with Crippen LogP contribution >= 0.6 is 0 Å². The number of morpholine rings is 1. The molecule has 30 heavy (non-hydrogen) atoms. The Morgan fingerprint density at radius 3 is 2.67 bits per heavy atom. The molecule has 1 aliphatic carbocycles. The zero-order chi connectivity index (χ0) is 20.8. The van der Waals surface area contributed by atoms with Gasteiger partial charge in [0.15, 0.2) is 0 Å². The lowest BCUT2D eigenvalue weighted by Crippen LogP contribution is -2.48. The molecular weight excluding hydrogens is 380 g/mol. The van der Waals surface area contributed by atoms with E-state index in [2.05, 4.69) is 32.3 Å². The molecule has 1 aromatic heterocycles. The fraction of sp³-hybridized carbons (Fsp3) is 0.522. The van der Waals surface area contributed by atoms with Crippen molar-refractivity contribution >= 4 is 5.91 Å². The second-order valence-electron chi connectivity index (χ2n) is 8.28. The first kappa shape index (κ1) is 20.9. The van der Waals surface area contributed by atoms with Crippen LogP contribution < -0.4 is 5.32 Å². The van der Waals surface area contributed by atoms with Crippen molar-refractivity contribution in [2.45, 2.75) is 43.2 Å². The molecule has 2 fully saturated rings. The van der Waals surface area contributed by atoms with E-state index in [1.54, 1.807) is 12.3 Å². The second-order valence-corrected chi connectivity index (χ2v) is 8.28. The quantitative estimate of drug-likeness (QED) is 0.731. The third-order valence-electron chi connectivity index (χ3n) is 6.58. The Hall–Kier alpha value is -2.35. The van der Waals surface area contributed by atoms with E-state index in [0.717, 1.165) is 45.6 Å². The molecule has 2 heterocycles. The average molecular weight is 411 g/mol. The van der Waals surface area contributed by atoms with Crippen molar-refractivity contribution in [3.05, 3.63) is 60.2 Å². The number of rotatable bonds is 5. The number of aromatic nitrogens is 2. The van der Waals surface area contributed by atoms with Gasteiger partial charge in [-0.05, 0) is 37.3 Å². The van der Waals surface area contributed by atoms with E-state index in [0.29, 0.717) is 18.7 Å². The van der Waals surface area contributed by atoms with Gasteiger partial charge in [-0.25, -0.2) is 9.97 Å². The molecule has 1 amide bonds. The van der Waals surface area contributed by atoms with Gasteiger partial charge >= 0.3 is 0 Å². The van der Waals surface area contributed by atoms with Gasteiger partial charge in [0.1, 0.15) is 12.0 Å². The van der Waals surface area contributed by atoms with Gasteiger partial charge in [0.25, 0.3) is 5.91 Å². The summed E-state index contributed by atoms with van der Waals surface area (Å²) in [6, 6.07) is 12.1. The summed E-state index contributed by atoms with van der Waals surface area (Å²) in [5.41, 5.74) is 1.36. The van der Waals surface area contributed by atoms with Crippen molar-refractivity contribution < 1.29 is 14.6 Å². The van der Waals surface area contributed by atoms with Gasteiger partial charge < -0.3 is 15.2 Å². The highest BCUT2D eigenvalue weighted by Crippen LogP contribution is 2.39. The fourth-order valence-corrected chi connectivity index (χ4v) is 4.82. The van der Waals surface area contributed by atoms with Crippen molar-refractivity contribution in [2.75, 3.05) is 32.8 Å². The zero-order valence-electron chi connectivity index (χ0n) is 17.2. The molecule has 160 valence electrons. The predicted octanol–water partition coefficient (Wildman–Crippen LogP) is 1.78. The normalized spacial score (nSPS) is 27.9. The van der Waals surface area contributed by atoms with E-state index in [-0.39, 0.29) is 23.5 Å². The van der Waals surface area contributed by atoms with Gasteiger partial charge in [-0.3, -0.25) is 9.69 Å². The van der Waals surface area contributed by atoms with Crippen LogP contribution in [-0.2, 0) is 10.2 Å². The molecule has 0 spiro atoms. The predicted molar refractivity (Wildman–Crippen MR) is 113 cm³/mol. The molecule has 0 bridgehead atoms. The maximum Gasteiger partial charge on any atom is 0.270 e. The van der Waals surface area contributed by atoms with E-state index in [1.165, 1.54) is 11.9 Å². The van der Waals surface area contributed by atoms with Gasteiger partial charge in [0.05, 0.1) is 19.3 Å². The summed E-state index contributed by atoms with van der Waals surface area (Å²) in [7, 11) is 0. The van der Waals surface area contributed by atoms with Gasteiger partial charge in [-0.2, -0.15) is 0 Å². The van der Waals surface area contributed by atoms with Crippen molar-refractivity contribution in [1.29, 1.82) is 0 Å². The summed E-state index contributed by atoms with van der Waals surface area (Å²) in [6.45, 7) is 3.70. The summed E-state index contributed by atoms with van der Waals surface area (Å²) in [4.78, 5) is 23.0. The van der Waals surface area contributed by atoms with E-state index in [4.69, 9.17) is 4.74 Å². The molecule has 0 unspecified atom stereocenters. The molecular formula is C23H30N4O3. The Kier molecular flexibility index (Phi) is 6.72. The molecule has 3 atom stereocenters. The highest BCUT2D eigenvalue weighted by atomic mass is 16.5. The van der Waals surface area contributed by atoms with Crippen LogP contribution in [0.25, 0.3) is 0 Å². The Morgan fingerprint density at radius 1 is 1.17 bits per heavy atom. The molecule has 1 saturated carbocycles. The van der Waals surface area contributed by atoms with Crippen LogP contribution in [0.15, 0.2) is 48.9 Å². The molecule has 2 N–H and O–H groups in total. The Labute approximate surface area is 177 Å². The zero-order valence-corrected chi connectivity index (χ0v) is 17.2. The van der Waals surface area contributed by atoms with Gasteiger partial charge in [0, 0.05) is 37.3 Å². The maximum absolute atomic E-state index is 12.6. The number of carbonyl (C=O) groups excluding carboxylic acids is 1. The number of nitrogens with one attached hydrogen (secondary N) is 1. The van der Waals surface area contributed by atoms with Crippen LogP contribution in [-0.4, -0.2) is 70.9 Å². The second kappa shape index (κ2) is 9.64. The number of carbonyl (C=O) groups is 1. The van der Waals surface area contributed by atoms with Crippen molar-refractivity contribution in [3.63, 3.8) is 0 Å². The highest BCUT2D eigenvalue weighted by Gasteiger charge is 2.40. The number of benzene rings is 1. The molecule has 1 aliphatic heterocycles. The molecule has 7 heteroatoms. The van der Waals surface area contributed by atoms with E-state index >= 15 is 0 Å².